The van der Waals surface area contributed by atoms with E-state index >= 15 is 0 Å². The summed E-state index contributed by atoms with van der Waals surface area (Å²) in [7, 11) is 1.57. The maximum Gasteiger partial charge on any atom is 0.331 e. The molecule has 0 aliphatic rings. The summed E-state index contributed by atoms with van der Waals surface area (Å²) < 4.78 is 23.0. The number of carbonyl (C=O) groups is 2. The number of hydrogen-bond acceptors (Lipinski definition) is 4. The van der Waals surface area contributed by atoms with Gasteiger partial charge in [-0.05, 0) is 55.0 Å². The number of Topliss-reactive ketones (excluding diaryl/α,β-unsaturated/α-hetero) is 1. The van der Waals surface area contributed by atoms with E-state index < -0.39 is 17.9 Å². The zero-order chi connectivity index (χ0) is 17.5. The molecule has 0 aliphatic carbocycles. The van der Waals surface area contributed by atoms with Gasteiger partial charge in [0.15, 0.2) is 6.10 Å². The summed E-state index contributed by atoms with van der Waals surface area (Å²) in [6.07, 6.45) is 1.87. The van der Waals surface area contributed by atoms with Gasteiger partial charge in [0.1, 0.15) is 11.6 Å². The molecule has 4 nitrogen and oxygen atoms in total. The Bertz CT molecular complexity index is 733. The van der Waals surface area contributed by atoms with Crippen molar-refractivity contribution in [3.63, 3.8) is 0 Å². The first-order valence-electron chi connectivity index (χ1n) is 7.32. The first kappa shape index (κ1) is 17.4. The normalized spacial score (nSPS) is 12.0. The van der Waals surface area contributed by atoms with E-state index in [-0.39, 0.29) is 11.3 Å². The van der Waals surface area contributed by atoms with Crippen LogP contribution in [0.3, 0.4) is 0 Å². The molecule has 2 rings (SSSR count). The monoisotopic (exact) mass is 328 g/mol. The molecule has 2 aromatic carbocycles. The molecule has 0 amide bonds. The van der Waals surface area contributed by atoms with Crippen LogP contribution in [-0.4, -0.2) is 25.0 Å². The summed E-state index contributed by atoms with van der Waals surface area (Å²) in [5.41, 5.74) is 1.08. The number of ether oxygens (including phenoxy) is 2. The zero-order valence-electron chi connectivity index (χ0n) is 13.4. The lowest BCUT2D eigenvalue weighted by atomic mass is 10.1. The Hall–Kier alpha value is -2.95. The van der Waals surface area contributed by atoms with Gasteiger partial charge in [-0.15, -0.1) is 0 Å². The summed E-state index contributed by atoms with van der Waals surface area (Å²) in [6, 6.07) is 12.2. The Morgan fingerprint density at radius 3 is 2.25 bits per heavy atom. The molecule has 1 atom stereocenters. The highest BCUT2D eigenvalue weighted by Gasteiger charge is 2.18. The average molecular weight is 328 g/mol. The maximum absolute atomic E-state index is 12.9. The molecule has 24 heavy (non-hydrogen) atoms. The Labute approximate surface area is 139 Å². The molecule has 0 saturated carbocycles. The molecule has 0 heterocycles. The summed E-state index contributed by atoms with van der Waals surface area (Å²) in [6.45, 7) is 1.48. The molecule has 0 N–H and O–H groups in total. The molecule has 0 radical (unpaired) electrons. The number of hydrogen-bond donors (Lipinski definition) is 0. The van der Waals surface area contributed by atoms with Crippen molar-refractivity contribution in [2.24, 2.45) is 0 Å². The Kier molecular flexibility index (Phi) is 5.84. The van der Waals surface area contributed by atoms with Gasteiger partial charge < -0.3 is 9.47 Å². The predicted octanol–water partition coefficient (Wildman–Crippen LogP) is 3.66. The molecule has 124 valence electrons. The molecule has 0 spiro atoms. The molecular formula is C19H17FO4. The van der Waals surface area contributed by atoms with Crippen LogP contribution in [-0.2, 0) is 9.53 Å². The van der Waals surface area contributed by atoms with E-state index in [0.29, 0.717) is 5.75 Å². The van der Waals surface area contributed by atoms with E-state index in [0.717, 1.165) is 5.56 Å². The number of rotatable bonds is 6. The van der Waals surface area contributed by atoms with Gasteiger partial charge in [-0.25, -0.2) is 9.18 Å². The Balaban J connectivity index is 1.93. The van der Waals surface area contributed by atoms with Crippen molar-refractivity contribution in [1.29, 1.82) is 0 Å². The second kappa shape index (κ2) is 8.06. The number of esters is 1. The molecule has 0 saturated heterocycles. The van der Waals surface area contributed by atoms with E-state index in [4.69, 9.17) is 9.47 Å². The number of methoxy groups -OCH3 is 1. The highest BCUT2D eigenvalue weighted by atomic mass is 19.1. The second-order valence-electron chi connectivity index (χ2n) is 5.06. The molecule has 0 aliphatic heterocycles. The molecule has 5 heteroatoms. The number of benzene rings is 2. The highest BCUT2D eigenvalue weighted by molar-refractivity contribution is 6.01. The predicted molar refractivity (Wildman–Crippen MR) is 88.3 cm³/mol. The maximum atomic E-state index is 12.9. The van der Waals surface area contributed by atoms with Crippen molar-refractivity contribution >= 4 is 17.8 Å². The molecule has 0 unspecified atom stereocenters. The van der Waals surface area contributed by atoms with Crippen LogP contribution >= 0.6 is 0 Å². The lowest BCUT2D eigenvalue weighted by Crippen LogP contribution is -2.23. The van der Waals surface area contributed by atoms with Crippen molar-refractivity contribution in [1.82, 2.24) is 0 Å². The summed E-state index contributed by atoms with van der Waals surface area (Å²) in [5.74, 6) is -0.734. The van der Waals surface area contributed by atoms with Crippen molar-refractivity contribution in [2.45, 2.75) is 13.0 Å². The van der Waals surface area contributed by atoms with Crippen LogP contribution in [0.4, 0.5) is 4.39 Å². The Morgan fingerprint density at radius 1 is 1.04 bits per heavy atom. The molecule has 0 aromatic heterocycles. The van der Waals surface area contributed by atoms with Crippen LogP contribution in [0.1, 0.15) is 22.8 Å². The van der Waals surface area contributed by atoms with Gasteiger partial charge >= 0.3 is 5.97 Å². The number of ketones is 1. The third-order valence-electron chi connectivity index (χ3n) is 3.32. The lowest BCUT2D eigenvalue weighted by Gasteiger charge is -2.10. The number of carbonyl (C=O) groups excluding carboxylic acids is 2. The van der Waals surface area contributed by atoms with Gasteiger partial charge in [0.2, 0.25) is 5.78 Å². The van der Waals surface area contributed by atoms with Crippen molar-refractivity contribution < 1.29 is 23.5 Å². The Morgan fingerprint density at radius 2 is 1.67 bits per heavy atom. The minimum atomic E-state index is -0.955. The van der Waals surface area contributed by atoms with Gasteiger partial charge in [0.25, 0.3) is 0 Å². The third-order valence-corrected chi connectivity index (χ3v) is 3.32. The molecule has 0 fully saturated rings. The van der Waals surface area contributed by atoms with Gasteiger partial charge in [0.05, 0.1) is 7.11 Å². The second-order valence-corrected chi connectivity index (χ2v) is 5.06. The number of halogens is 1. The largest absolute Gasteiger partial charge is 0.497 e. The lowest BCUT2D eigenvalue weighted by molar-refractivity contribution is -0.140. The fourth-order valence-electron chi connectivity index (χ4n) is 2.00. The SMILES string of the molecule is COc1ccc(/C=C/C(=O)O[C@@H](C)C(=O)c2ccc(F)cc2)cc1. The topological polar surface area (TPSA) is 52.6 Å². The van der Waals surface area contributed by atoms with Crippen LogP contribution in [0.15, 0.2) is 54.6 Å². The van der Waals surface area contributed by atoms with Gasteiger partial charge in [-0.1, -0.05) is 12.1 Å². The fraction of sp³-hybridized carbons (Fsp3) is 0.158. The van der Waals surface area contributed by atoms with E-state index in [9.17, 15) is 14.0 Å². The van der Waals surface area contributed by atoms with Crippen LogP contribution < -0.4 is 4.74 Å². The quantitative estimate of drug-likeness (QED) is 0.461. The van der Waals surface area contributed by atoms with Crippen molar-refractivity contribution in [3.05, 3.63) is 71.6 Å². The minimum Gasteiger partial charge on any atom is -0.497 e. The first-order valence-corrected chi connectivity index (χ1v) is 7.32. The van der Waals surface area contributed by atoms with E-state index in [1.165, 1.54) is 37.3 Å². The third kappa shape index (κ3) is 4.78. The fourth-order valence-corrected chi connectivity index (χ4v) is 2.00. The van der Waals surface area contributed by atoms with Crippen molar-refractivity contribution in [2.75, 3.05) is 7.11 Å². The standard InChI is InChI=1S/C19H17FO4/c1-13(19(22)15-6-8-16(20)9-7-15)24-18(21)12-5-14-3-10-17(23-2)11-4-14/h3-13H,1-2H3/b12-5+/t13-/m0/s1. The smallest absolute Gasteiger partial charge is 0.331 e. The van der Waals surface area contributed by atoms with E-state index in [1.54, 1.807) is 37.5 Å². The van der Waals surface area contributed by atoms with Crippen LogP contribution in [0.2, 0.25) is 0 Å². The van der Waals surface area contributed by atoms with Gasteiger partial charge in [-0.3, -0.25) is 4.79 Å². The van der Waals surface area contributed by atoms with Crippen LogP contribution in [0, 0.1) is 5.82 Å². The van der Waals surface area contributed by atoms with Crippen LogP contribution in [0.25, 0.3) is 6.08 Å². The molecule has 0 bridgehead atoms. The zero-order valence-corrected chi connectivity index (χ0v) is 13.4. The van der Waals surface area contributed by atoms with Crippen LogP contribution in [0.5, 0.6) is 5.75 Å². The summed E-state index contributed by atoms with van der Waals surface area (Å²) >= 11 is 0. The van der Waals surface area contributed by atoms with Gasteiger partial charge in [-0.2, -0.15) is 0 Å². The van der Waals surface area contributed by atoms with Crippen molar-refractivity contribution in [3.8, 4) is 5.75 Å². The summed E-state index contributed by atoms with van der Waals surface area (Å²) in [5, 5.41) is 0. The first-order chi connectivity index (χ1) is 11.5. The van der Waals surface area contributed by atoms with E-state index in [2.05, 4.69) is 0 Å². The summed E-state index contributed by atoms with van der Waals surface area (Å²) in [4.78, 5) is 23.9. The van der Waals surface area contributed by atoms with Gasteiger partial charge in [0, 0.05) is 11.6 Å². The molecular weight excluding hydrogens is 311 g/mol. The average Bonchev–Trinajstić information content (AvgIpc) is 2.60. The minimum absolute atomic E-state index is 0.288. The molecule has 2 aromatic rings. The van der Waals surface area contributed by atoms with E-state index in [1.807, 2.05) is 0 Å². The highest BCUT2D eigenvalue weighted by Crippen LogP contribution is 2.13.